The van der Waals surface area contributed by atoms with Crippen molar-refractivity contribution in [3.8, 4) is 0 Å². The molecule has 19 atom stereocenters. The zero-order valence-corrected chi connectivity index (χ0v) is 66.6. The number of benzene rings is 8. The van der Waals surface area contributed by atoms with Crippen LogP contribution in [-0.4, -0.2) is 211 Å². The number of ether oxygens (including phenoxy) is 12. The predicted octanol–water partition coefficient (Wildman–Crippen LogP) is 6.50. The lowest BCUT2D eigenvalue weighted by atomic mass is 9.83. The molecule has 0 radical (unpaired) electrons. The maximum absolute atomic E-state index is 14.6. The summed E-state index contributed by atoms with van der Waals surface area (Å²) in [6.07, 6.45) is -35.4. The molecule has 1 aliphatic carbocycles. The predicted molar refractivity (Wildman–Crippen MR) is 428 cm³/mol. The molecular formula is C87H100N6O25Si. The van der Waals surface area contributed by atoms with Crippen LogP contribution in [0.1, 0.15) is 60.6 Å². The van der Waals surface area contributed by atoms with E-state index in [4.69, 9.17) is 61.3 Å². The van der Waals surface area contributed by atoms with Crippen LogP contribution in [0.3, 0.4) is 0 Å². The number of carbonyl (C=O) groups is 6. The highest BCUT2D eigenvalue weighted by molar-refractivity contribution is 6.99. The summed E-state index contributed by atoms with van der Waals surface area (Å²) in [6.45, 7) is 3.04. The van der Waals surface area contributed by atoms with E-state index in [1.165, 1.54) is 0 Å². The van der Waals surface area contributed by atoms with Gasteiger partial charge in [0, 0.05) is 13.1 Å². The Morgan fingerprint density at radius 2 is 0.630 bits per heavy atom. The van der Waals surface area contributed by atoms with E-state index in [1.54, 1.807) is 182 Å². The van der Waals surface area contributed by atoms with Gasteiger partial charge >= 0.3 is 36.6 Å². The van der Waals surface area contributed by atoms with E-state index in [9.17, 15) is 59.4 Å². The minimum Gasteiger partial charge on any atom is -0.445 e. The van der Waals surface area contributed by atoms with Crippen LogP contribution in [0.2, 0.25) is 5.04 Å². The fraction of sp³-hybridized carbons (Fsp3) is 0.379. The van der Waals surface area contributed by atoms with Crippen molar-refractivity contribution in [3.63, 3.8) is 0 Å². The largest absolute Gasteiger partial charge is 0.445 e. The van der Waals surface area contributed by atoms with Crippen LogP contribution in [0.5, 0.6) is 0 Å². The van der Waals surface area contributed by atoms with E-state index in [0.717, 1.165) is 10.4 Å². The molecule has 8 aromatic carbocycles. The second-order valence-electron chi connectivity index (χ2n) is 30.1. The summed E-state index contributed by atoms with van der Waals surface area (Å²) >= 11 is 0. The summed E-state index contributed by atoms with van der Waals surface area (Å²) in [6, 6.07) is 64.3. The van der Waals surface area contributed by atoms with Crippen LogP contribution < -0.4 is 42.3 Å². The first-order valence-electron chi connectivity index (χ1n) is 39.1. The number of carbonyl (C=O) groups excluding carboxylic acids is 6. The first-order chi connectivity index (χ1) is 57.6. The van der Waals surface area contributed by atoms with Gasteiger partial charge in [-0.1, -0.05) is 263 Å². The van der Waals surface area contributed by atoms with Crippen LogP contribution in [0, 0.1) is 0 Å². The van der Waals surface area contributed by atoms with Crippen LogP contribution >= 0.6 is 0 Å². The summed E-state index contributed by atoms with van der Waals surface area (Å²) in [5.74, 6) is 0. The minimum atomic E-state index is -3.65. The number of amides is 6. The van der Waals surface area contributed by atoms with Crippen molar-refractivity contribution in [1.29, 1.82) is 0 Å². The average molecular weight is 1660 g/mol. The Hall–Kier alpha value is -10.9. The Labute approximate surface area is 688 Å². The van der Waals surface area contributed by atoms with Crippen LogP contribution in [-0.2, 0) is 101 Å². The van der Waals surface area contributed by atoms with Gasteiger partial charge in [0.1, 0.15) is 125 Å². The maximum Gasteiger partial charge on any atom is 0.407 e. The molecule has 6 amide bonds. The number of nitrogens with one attached hydrogen (secondary N) is 6. The Bertz CT molecular complexity index is 4450. The van der Waals surface area contributed by atoms with E-state index < -0.39 is 192 Å². The lowest BCUT2D eigenvalue weighted by Gasteiger charge is -2.49. The zero-order valence-electron chi connectivity index (χ0n) is 65.6. The molecular weight excluding hydrogens is 1560 g/mol. The number of aliphatic hydroxyl groups excluding tert-OH is 6. The van der Waals surface area contributed by atoms with E-state index >= 15 is 0 Å². The van der Waals surface area contributed by atoms with Gasteiger partial charge in [-0.15, -0.1) is 0 Å². The summed E-state index contributed by atoms with van der Waals surface area (Å²) in [5.41, 5.74) is 3.60. The van der Waals surface area contributed by atoms with E-state index in [1.807, 2.05) is 81.4 Å². The van der Waals surface area contributed by atoms with Gasteiger partial charge in [0.05, 0.1) is 18.7 Å². The normalized spacial score (nSPS) is 26.1. The van der Waals surface area contributed by atoms with Gasteiger partial charge in [0.25, 0.3) is 8.32 Å². The molecule has 3 saturated heterocycles. The SMILES string of the molecule is CC(C)(C)[Si](OC[C@H]1O[C@@H](O[C@@H]2[C@@H](O)[C@H](NC(=O)OCc3ccccc3)C[C@H](NC(=O)OCc3ccccc3)[C@H]2O[C@H]2O[C@H](CNC(=O)OCc3ccccc3)[C@@H](O)[C@H](O)[C@H]2NC(=O)OCc2ccccc2)[C@H](O)[C@@H]1O[C@H]1O[C@@H](CNC(=O)OCc2ccccc2)[C@@H](O)[C@H](O)[C@H]1NC(=O)OCc1ccccc1)(c1ccccc1)c1ccccc1. The standard InChI is InChI=1S/C87H100N6O25Si/c1-87(2,3)119(60-40-24-10-25-41-60,61-42-26-11-27-43-61)112-53-66-76(117-79-68(93-86(105)111-52-59-38-22-9-23-39-59)73(98)71(96)65(114-79)46-89-82(101)107-48-55-30-14-5-15-31-55)74(99)80(115-66)118-77-69(94)62(90-83(102)108-49-56-32-16-6-17-33-56)44-63(91-84(103)109-50-57-34-18-7-19-35-57)75(77)116-78-67(92-85(104)110-51-58-36-20-8-21-37-58)72(97)70(95)64(113-78)45-88-81(100)106-47-54-28-12-4-13-29-54/h4-43,62-80,94-99H,44-53H2,1-3H3,(H,88,100)(H,89,101)(H,90,102)(H,91,103)(H,92,104)(H,93,105)/t62-,63+,64-,65+,66-,67-,68-,69+,70-,71-,72-,73-,74-,75-,76-,77-,78-,79-,80+/m1/s1. The molecule has 632 valence electrons. The first kappa shape index (κ1) is 87.4. The highest BCUT2D eigenvalue weighted by Gasteiger charge is 2.59. The first-order valence-corrected chi connectivity index (χ1v) is 41.0. The van der Waals surface area contributed by atoms with Gasteiger partial charge in [-0.3, -0.25) is 0 Å². The van der Waals surface area contributed by atoms with Crippen molar-refractivity contribution in [1.82, 2.24) is 31.9 Å². The Balaban J connectivity index is 0.936. The smallest absolute Gasteiger partial charge is 0.407 e. The molecule has 31 nitrogen and oxygen atoms in total. The zero-order chi connectivity index (χ0) is 83.8. The third-order valence-corrected chi connectivity index (χ3v) is 25.8. The Morgan fingerprint density at radius 3 is 0.975 bits per heavy atom. The van der Waals surface area contributed by atoms with Gasteiger partial charge in [0.2, 0.25) is 0 Å². The molecule has 12 rings (SSSR count). The molecule has 3 aliphatic heterocycles. The monoisotopic (exact) mass is 1660 g/mol. The van der Waals surface area contributed by atoms with Gasteiger partial charge in [-0.25, -0.2) is 28.8 Å². The molecule has 4 fully saturated rings. The molecule has 0 bridgehead atoms. The van der Waals surface area contributed by atoms with Crippen LogP contribution in [0.15, 0.2) is 243 Å². The average Bonchev–Trinajstić information content (AvgIpc) is 1.48. The minimum absolute atomic E-state index is 0.146. The summed E-state index contributed by atoms with van der Waals surface area (Å²) < 4.78 is 82.1. The fourth-order valence-electron chi connectivity index (χ4n) is 14.7. The summed E-state index contributed by atoms with van der Waals surface area (Å²) in [7, 11) is -3.65. The van der Waals surface area contributed by atoms with Crippen molar-refractivity contribution in [2.45, 2.75) is 188 Å². The van der Waals surface area contributed by atoms with Crippen molar-refractivity contribution >= 4 is 55.3 Å². The highest BCUT2D eigenvalue weighted by Crippen LogP contribution is 2.41. The molecule has 119 heavy (non-hydrogen) atoms. The molecule has 32 heteroatoms. The molecule has 0 spiro atoms. The Kier molecular flexibility index (Phi) is 31.0. The summed E-state index contributed by atoms with van der Waals surface area (Å²) in [5, 5.41) is 92.1. The molecule has 0 aromatic heterocycles. The second kappa shape index (κ2) is 42.1. The quantitative estimate of drug-likeness (QED) is 0.0163. The van der Waals surface area contributed by atoms with E-state index in [0.29, 0.717) is 33.4 Å². The molecule has 8 aromatic rings. The van der Waals surface area contributed by atoms with Crippen molar-refractivity contribution in [3.05, 3.63) is 276 Å². The molecule has 3 heterocycles. The van der Waals surface area contributed by atoms with E-state index in [2.05, 4.69) is 31.9 Å². The van der Waals surface area contributed by atoms with Gasteiger partial charge in [-0.05, 0) is 55.2 Å². The second-order valence-corrected chi connectivity index (χ2v) is 34.4. The van der Waals surface area contributed by atoms with Crippen molar-refractivity contribution in [2.24, 2.45) is 0 Å². The van der Waals surface area contributed by atoms with Crippen LogP contribution in [0.25, 0.3) is 0 Å². The Morgan fingerprint density at radius 1 is 0.336 bits per heavy atom. The third-order valence-electron chi connectivity index (χ3n) is 20.8. The van der Waals surface area contributed by atoms with Gasteiger partial charge in [-0.2, -0.15) is 0 Å². The lowest BCUT2D eigenvalue weighted by molar-refractivity contribution is -0.311. The number of aliphatic hydroxyl groups is 6. The van der Waals surface area contributed by atoms with Crippen molar-refractivity contribution in [2.75, 3.05) is 19.7 Å². The maximum atomic E-state index is 14.6. The topological polar surface area (TPSA) is 416 Å². The molecule has 0 unspecified atom stereocenters. The third kappa shape index (κ3) is 23.5. The van der Waals surface area contributed by atoms with Crippen LogP contribution in [0.4, 0.5) is 28.8 Å². The number of hydrogen-bond donors (Lipinski definition) is 12. The molecule has 12 N–H and O–H groups in total. The summed E-state index contributed by atoms with van der Waals surface area (Å²) in [4.78, 5) is 84.0. The number of alkyl carbamates (subject to hydrolysis) is 6. The number of rotatable bonds is 31. The van der Waals surface area contributed by atoms with Gasteiger partial charge < -0.3 is 124 Å². The van der Waals surface area contributed by atoms with E-state index in [-0.39, 0.29) is 39.6 Å². The lowest BCUT2D eigenvalue weighted by Crippen LogP contribution is -2.70. The van der Waals surface area contributed by atoms with Crippen molar-refractivity contribution < 1.29 is 121 Å². The van der Waals surface area contributed by atoms with Gasteiger partial charge in [0.15, 0.2) is 18.9 Å². The molecule has 1 saturated carbocycles. The number of hydrogen-bond acceptors (Lipinski definition) is 25. The fourth-order valence-corrected chi connectivity index (χ4v) is 19.2. The molecule has 4 aliphatic rings. The highest BCUT2D eigenvalue weighted by atomic mass is 28.4.